The zero-order valence-electron chi connectivity index (χ0n) is 8.23. The molecule has 0 fully saturated rings. The maximum Gasteiger partial charge on any atom is 0.142 e. The molecule has 1 atom stereocenters. The fourth-order valence-corrected chi connectivity index (χ4v) is 2.68. The Labute approximate surface area is 91.7 Å². The quantitative estimate of drug-likeness (QED) is 0.793. The average molecular weight is 224 g/mol. The third-order valence-electron chi connectivity index (χ3n) is 2.29. The summed E-state index contributed by atoms with van der Waals surface area (Å²) < 4.78 is 0. The maximum absolute atomic E-state index is 4.59. The molecule has 2 aromatic rings. The molecule has 0 saturated heterocycles. The summed E-state index contributed by atoms with van der Waals surface area (Å²) in [7, 11) is 0. The number of nitrogens with zero attached hydrogens (tertiary/aromatic N) is 2. The van der Waals surface area contributed by atoms with Crippen molar-refractivity contribution in [1.29, 1.82) is 0 Å². The van der Waals surface area contributed by atoms with Crippen molar-refractivity contribution in [3.8, 4) is 10.7 Å². The van der Waals surface area contributed by atoms with Crippen molar-refractivity contribution >= 4 is 22.7 Å². The predicted molar refractivity (Wildman–Crippen MR) is 61.9 cm³/mol. The van der Waals surface area contributed by atoms with E-state index in [1.54, 1.807) is 22.7 Å². The molecule has 2 nitrogen and oxygen atoms in total. The van der Waals surface area contributed by atoms with Crippen molar-refractivity contribution in [2.75, 3.05) is 0 Å². The lowest BCUT2D eigenvalue weighted by Crippen LogP contribution is -1.90. The van der Waals surface area contributed by atoms with Crippen LogP contribution in [0.25, 0.3) is 10.7 Å². The van der Waals surface area contributed by atoms with Crippen LogP contribution in [0.4, 0.5) is 0 Å². The minimum absolute atomic E-state index is 0.554. The Morgan fingerprint density at radius 1 is 1.43 bits per heavy atom. The molecule has 1 unspecified atom stereocenters. The van der Waals surface area contributed by atoms with Gasteiger partial charge in [0.15, 0.2) is 0 Å². The van der Waals surface area contributed by atoms with Crippen molar-refractivity contribution in [1.82, 2.24) is 9.97 Å². The second-order valence-corrected chi connectivity index (χ2v) is 4.84. The SMILES string of the molecule is CCC(C)c1csc(-c2cscn2)n1. The molecular weight excluding hydrogens is 212 g/mol. The standard InChI is InChI=1S/C10H12N2S2/c1-3-7(2)8-5-14-10(12-8)9-4-13-6-11-9/h4-7H,3H2,1-2H3. The Hall–Kier alpha value is -0.740. The number of rotatable bonds is 3. The van der Waals surface area contributed by atoms with E-state index in [2.05, 4.69) is 29.2 Å². The molecule has 0 aliphatic heterocycles. The largest absolute Gasteiger partial charge is 0.242 e. The van der Waals surface area contributed by atoms with Crippen molar-refractivity contribution in [2.24, 2.45) is 0 Å². The van der Waals surface area contributed by atoms with E-state index in [9.17, 15) is 0 Å². The van der Waals surface area contributed by atoms with Crippen molar-refractivity contribution in [3.05, 3.63) is 22.0 Å². The van der Waals surface area contributed by atoms with Crippen LogP contribution in [-0.4, -0.2) is 9.97 Å². The first kappa shape index (κ1) is 9.80. The van der Waals surface area contributed by atoms with E-state index in [0.29, 0.717) is 5.92 Å². The van der Waals surface area contributed by atoms with Gasteiger partial charge in [-0.05, 0) is 12.3 Å². The van der Waals surface area contributed by atoms with E-state index < -0.39 is 0 Å². The molecule has 0 spiro atoms. The first-order chi connectivity index (χ1) is 6.81. The highest BCUT2D eigenvalue weighted by molar-refractivity contribution is 7.13. The van der Waals surface area contributed by atoms with E-state index in [1.165, 1.54) is 5.69 Å². The molecule has 0 amide bonds. The third kappa shape index (κ3) is 1.86. The van der Waals surface area contributed by atoms with Gasteiger partial charge >= 0.3 is 0 Å². The summed E-state index contributed by atoms with van der Waals surface area (Å²) in [4.78, 5) is 8.84. The average Bonchev–Trinajstić information content (AvgIpc) is 2.86. The van der Waals surface area contributed by atoms with Gasteiger partial charge < -0.3 is 0 Å². The lowest BCUT2D eigenvalue weighted by molar-refractivity contribution is 0.714. The van der Waals surface area contributed by atoms with E-state index in [0.717, 1.165) is 17.1 Å². The van der Waals surface area contributed by atoms with Crippen LogP contribution < -0.4 is 0 Å². The Morgan fingerprint density at radius 3 is 2.93 bits per heavy atom. The number of aromatic nitrogens is 2. The Morgan fingerprint density at radius 2 is 2.29 bits per heavy atom. The zero-order valence-corrected chi connectivity index (χ0v) is 9.86. The van der Waals surface area contributed by atoms with Crippen LogP contribution in [-0.2, 0) is 0 Å². The highest BCUT2D eigenvalue weighted by Crippen LogP contribution is 2.27. The predicted octanol–water partition coefficient (Wildman–Crippen LogP) is 3.78. The van der Waals surface area contributed by atoms with Crippen LogP contribution in [0.1, 0.15) is 31.9 Å². The summed E-state index contributed by atoms with van der Waals surface area (Å²) in [6, 6.07) is 0. The topological polar surface area (TPSA) is 25.8 Å². The van der Waals surface area contributed by atoms with Crippen LogP contribution in [0, 0.1) is 0 Å². The molecule has 2 aromatic heterocycles. The third-order valence-corrected chi connectivity index (χ3v) is 3.76. The van der Waals surface area contributed by atoms with Gasteiger partial charge in [-0.15, -0.1) is 22.7 Å². The van der Waals surface area contributed by atoms with Gasteiger partial charge in [0.25, 0.3) is 0 Å². The molecule has 4 heteroatoms. The highest BCUT2D eigenvalue weighted by Gasteiger charge is 2.10. The monoisotopic (exact) mass is 224 g/mol. The number of thiazole rings is 2. The molecule has 14 heavy (non-hydrogen) atoms. The van der Waals surface area contributed by atoms with Gasteiger partial charge in [0.2, 0.25) is 0 Å². The highest BCUT2D eigenvalue weighted by atomic mass is 32.1. The Bertz CT molecular complexity index is 392. The number of hydrogen-bond acceptors (Lipinski definition) is 4. The molecule has 74 valence electrons. The fraction of sp³-hybridized carbons (Fsp3) is 0.400. The summed E-state index contributed by atoms with van der Waals surface area (Å²) in [6.45, 7) is 4.40. The van der Waals surface area contributed by atoms with Gasteiger partial charge in [0.1, 0.15) is 10.7 Å². The van der Waals surface area contributed by atoms with Crippen LogP contribution in [0.2, 0.25) is 0 Å². The van der Waals surface area contributed by atoms with Crippen molar-refractivity contribution in [3.63, 3.8) is 0 Å². The molecule has 2 heterocycles. The van der Waals surface area contributed by atoms with Gasteiger partial charge in [0.05, 0.1) is 11.2 Å². The summed E-state index contributed by atoms with van der Waals surface area (Å²) in [5, 5.41) is 5.23. The fourth-order valence-electron chi connectivity index (χ4n) is 1.16. The summed E-state index contributed by atoms with van der Waals surface area (Å²) in [5.74, 6) is 0.554. The lowest BCUT2D eigenvalue weighted by Gasteiger charge is -2.01. The van der Waals surface area contributed by atoms with E-state index in [4.69, 9.17) is 0 Å². The molecule has 0 aliphatic rings. The summed E-state index contributed by atoms with van der Waals surface area (Å²) in [5.41, 5.74) is 4.05. The van der Waals surface area contributed by atoms with E-state index in [-0.39, 0.29) is 0 Å². The second-order valence-electron chi connectivity index (χ2n) is 3.26. The molecule has 0 bridgehead atoms. The molecule has 0 radical (unpaired) electrons. The smallest absolute Gasteiger partial charge is 0.142 e. The first-order valence-corrected chi connectivity index (χ1v) is 6.47. The summed E-state index contributed by atoms with van der Waals surface area (Å²) in [6.07, 6.45) is 1.14. The molecule has 0 aromatic carbocycles. The van der Waals surface area contributed by atoms with Gasteiger partial charge in [0, 0.05) is 10.8 Å². The first-order valence-electron chi connectivity index (χ1n) is 4.65. The Kier molecular flexibility index (Phi) is 2.93. The lowest BCUT2D eigenvalue weighted by atomic mass is 10.1. The van der Waals surface area contributed by atoms with Gasteiger partial charge in [-0.1, -0.05) is 13.8 Å². The molecule has 0 saturated carbocycles. The van der Waals surface area contributed by atoms with Gasteiger partial charge in [-0.2, -0.15) is 0 Å². The van der Waals surface area contributed by atoms with E-state index in [1.807, 2.05) is 10.9 Å². The van der Waals surface area contributed by atoms with E-state index >= 15 is 0 Å². The Balaban J connectivity index is 2.26. The molecular formula is C10H12N2S2. The molecule has 2 rings (SSSR count). The second kappa shape index (κ2) is 4.19. The normalized spacial score (nSPS) is 13.0. The minimum atomic E-state index is 0.554. The van der Waals surface area contributed by atoms with Crippen molar-refractivity contribution in [2.45, 2.75) is 26.2 Å². The van der Waals surface area contributed by atoms with Gasteiger partial charge in [-0.3, -0.25) is 0 Å². The minimum Gasteiger partial charge on any atom is -0.242 e. The van der Waals surface area contributed by atoms with Crippen LogP contribution in [0.15, 0.2) is 16.3 Å². The van der Waals surface area contributed by atoms with Crippen molar-refractivity contribution < 1.29 is 0 Å². The molecule has 0 aliphatic carbocycles. The summed E-state index contributed by atoms with van der Waals surface area (Å²) >= 11 is 3.30. The van der Waals surface area contributed by atoms with Crippen LogP contribution in [0.5, 0.6) is 0 Å². The maximum atomic E-state index is 4.59. The molecule has 0 N–H and O–H groups in total. The van der Waals surface area contributed by atoms with Gasteiger partial charge in [-0.25, -0.2) is 9.97 Å². The van der Waals surface area contributed by atoms with Crippen LogP contribution in [0.3, 0.4) is 0 Å². The number of hydrogen-bond donors (Lipinski definition) is 0. The zero-order chi connectivity index (χ0) is 9.97. The van der Waals surface area contributed by atoms with Crippen LogP contribution >= 0.6 is 22.7 Å².